The summed E-state index contributed by atoms with van der Waals surface area (Å²) in [6.07, 6.45) is 13.9. The van der Waals surface area contributed by atoms with Gasteiger partial charge in [-0.15, -0.1) is 0 Å². The van der Waals surface area contributed by atoms with Crippen molar-refractivity contribution in [2.75, 3.05) is 23.2 Å². The van der Waals surface area contributed by atoms with E-state index in [9.17, 15) is 0 Å². The molecule has 0 aromatic heterocycles. The highest BCUT2D eigenvalue weighted by atomic mass is 16.5. The molecule has 0 amide bonds. The van der Waals surface area contributed by atoms with Crippen molar-refractivity contribution in [1.82, 2.24) is 0 Å². The molecule has 306 valence electrons. The number of rotatable bonds is 21. The van der Waals surface area contributed by atoms with Crippen molar-refractivity contribution in [1.29, 1.82) is 0 Å². The van der Waals surface area contributed by atoms with Crippen LogP contribution in [0.15, 0.2) is 180 Å². The summed E-state index contributed by atoms with van der Waals surface area (Å²) in [6, 6.07) is 59.5. The number of para-hydroxylation sites is 4. The fourth-order valence-electron chi connectivity index (χ4n) is 8.50. The minimum Gasteiger partial charge on any atom is -0.493 e. The first-order valence-electron chi connectivity index (χ1n) is 22.2. The van der Waals surface area contributed by atoms with Crippen molar-refractivity contribution in [2.24, 2.45) is 10.2 Å². The number of nitrogens with zero attached hydrogens (tertiary/aromatic N) is 4. The maximum Gasteiger partial charge on any atom is 0.128 e. The highest BCUT2D eigenvalue weighted by molar-refractivity contribution is 6.06. The van der Waals surface area contributed by atoms with Crippen LogP contribution in [0.2, 0.25) is 0 Å². The van der Waals surface area contributed by atoms with Gasteiger partial charge in [0.25, 0.3) is 0 Å². The molecule has 6 aromatic rings. The Hall–Kier alpha value is -6.14. The maximum atomic E-state index is 6.41. The number of hydrogen-bond acceptors (Lipinski definition) is 6. The summed E-state index contributed by atoms with van der Waals surface area (Å²) in [7, 11) is 0. The lowest BCUT2D eigenvalue weighted by Gasteiger charge is -2.23. The van der Waals surface area contributed by atoms with E-state index in [1.54, 1.807) is 0 Å². The van der Waals surface area contributed by atoms with E-state index < -0.39 is 0 Å². The normalized spacial score (nSPS) is 16.1. The highest BCUT2D eigenvalue weighted by Crippen LogP contribution is 2.39. The van der Waals surface area contributed by atoms with E-state index in [1.165, 1.54) is 62.5 Å². The molecule has 0 radical (unpaired) electrons. The lowest BCUT2D eigenvalue weighted by Crippen LogP contribution is -2.18. The summed E-state index contributed by atoms with van der Waals surface area (Å²) in [5.41, 5.74) is 9.09. The van der Waals surface area contributed by atoms with Crippen LogP contribution in [0.25, 0.3) is 0 Å². The molecule has 0 saturated carbocycles. The van der Waals surface area contributed by atoms with Gasteiger partial charge in [0.05, 0.1) is 48.1 Å². The van der Waals surface area contributed by atoms with Crippen LogP contribution in [-0.4, -0.2) is 24.6 Å². The lowest BCUT2D eigenvalue weighted by molar-refractivity contribution is 0.302. The van der Waals surface area contributed by atoms with Crippen molar-refractivity contribution < 1.29 is 9.47 Å². The van der Waals surface area contributed by atoms with Crippen molar-refractivity contribution in [2.45, 2.75) is 89.1 Å². The molecule has 0 N–H and O–H groups in total. The Morgan fingerprint density at radius 1 is 0.367 bits per heavy atom. The van der Waals surface area contributed by atoms with E-state index in [0.717, 1.165) is 84.3 Å². The van der Waals surface area contributed by atoms with Crippen molar-refractivity contribution in [3.8, 4) is 11.5 Å². The molecule has 2 unspecified atom stereocenters. The van der Waals surface area contributed by atoms with E-state index in [-0.39, 0.29) is 12.1 Å². The van der Waals surface area contributed by atoms with E-state index in [0.29, 0.717) is 0 Å². The fourth-order valence-corrected chi connectivity index (χ4v) is 8.50. The minimum atomic E-state index is 0.152. The fraction of sp³-hybridized carbons (Fsp3) is 0.296. The molecule has 6 nitrogen and oxygen atoms in total. The van der Waals surface area contributed by atoms with Gasteiger partial charge in [0.2, 0.25) is 0 Å². The quantitative estimate of drug-likeness (QED) is 0.0681. The Bertz CT molecular complexity index is 2100. The van der Waals surface area contributed by atoms with E-state index in [2.05, 4.69) is 180 Å². The standard InChI is InChI=1S/C54H58N4O2/c1(3-5-7-25-39-59-53-37-23-21-35-47(53)49-41-51(43-27-13-9-14-28-43)57(55-49)45-31-17-11-18-32-45)2-4-6-8-26-40-60-54-38-24-22-36-48(54)50-42-52(44-29-15-10-16-30-44)58(56-50)46-33-19-12-20-34-46/h9-24,27-38,51-52H,1-8,25-26,39-42H2. The largest absolute Gasteiger partial charge is 0.493 e. The molecule has 0 aliphatic carbocycles. The van der Waals surface area contributed by atoms with Crippen molar-refractivity contribution in [3.05, 3.63) is 192 Å². The molecule has 2 aliphatic rings. The van der Waals surface area contributed by atoms with Gasteiger partial charge in [-0.3, -0.25) is 10.0 Å². The van der Waals surface area contributed by atoms with Crippen LogP contribution in [-0.2, 0) is 0 Å². The van der Waals surface area contributed by atoms with Gasteiger partial charge in [-0.2, -0.15) is 10.2 Å². The molecule has 0 spiro atoms. The molecular weight excluding hydrogens is 737 g/mol. The van der Waals surface area contributed by atoms with Gasteiger partial charge in [-0.1, -0.05) is 173 Å². The number of benzene rings is 6. The Labute approximate surface area is 357 Å². The first-order chi connectivity index (χ1) is 29.8. The maximum absolute atomic E-state index is 6.41. The van der Waals surface area contributed by atoms with Crippen LogP contribution in [0.1, 0.15) is 111 Å². The molecule has 60 heavy (non-hydrogen) atoms. The summed E-state index contributed by atoms with van der Waals surface area (Å²) in [5.74, 6) is 1.87. The predicted octanol–water partition coefficient (Wildman–Crippen LogP) is 13.8. The number of hydrazone groups is 2. The van der Waals surface area contributed by atoms with Crippen LogP contribution < -0.4 is 19.5 Å². The average Bonchev–Trinajstić information content (AvgIpc) is 3.97. The molecule has 2 atom stereocenters. The first kappa shape index (κ1) is 40.6. The zero-order valence-electron chi connectivity index (χ0n) is 34.8. The molecule has 0 fully saturated rings. The van der Waals surface area contributed by atoms with Crippen LogP contribution in [0, 0.1) is 0 Å². The van der Waals surface area contributed by atoms with Crippen LogP contribution in [0.4, 0.5) is 11.4 Å². The molecule has 6 heteroatoms. The number of unbranched alkanes of at least 4 members (excludes halogenated alkanes) is 9. The zero-order chi connectivity index (χ0) is 40.6. The molecule has 0 bridgehead atoms. The summed E-state index contributed by atoms with van der Waals surface area (Å²) in [4.78, 5) is 0. The number of anilines is 2. The Kier molecular flexibility index (Phi) is 14.4. The van der Waals surface area contributed by atoms with Gasteiger partial charge in [0.1, 0.15) is 11.5 Å². The third kappa shape index (κ3) is 10.5. The summed E-state index contributed by atoms with van der Waals surface area (Å²) in [6.45, 7) is 1.46. The summed E-state index contributed by atoms with van der Waals surface area (Å²) in [5, 5.41) is 14.7. The smallest absolute Gasteiger partial charge is 0.128 e. The third-order valence-electron chi connectivity index (χ3n) is 11.7. The van der Waals surface area contributed by atoms with Gasteiger partial charge in [0.15, 0.2) is 0 Å². The number of ether oxygens (including phenoxy) is 2. The van der Waals surface area contributed by atoms with Crippen molar-refractivity contribution in [3.63, 3.8) is 0 Å². The average molecular weight is 795 g/mol. The van der Waals surface area contributed by atoms with E-state index in [4.69, 9.17) is 19.7 Å². The molecule has 2 aliphatic heterocycles. The van der Waals surface area contributed by atoms with Crippen LogP contribution in [0.3, 0.4) is 0 Å². The van der Waals surface area contributed by atoms with Gasteiger partial charge in [0, 0.05) is 24.0 Å². The minimum absolute atomic E-state index is 0.152. The molecular formula is C54H58N4O2. The second kappa shape index (κ2) is 21.2. The Balaban J connectivity index is 0.716. The van der Waals surface area contributed by atoms with Crippen LogP contribution in [0.5, 0.6) is 11.5 Å². The molecule has 2 heterocycles. The van der Waals surface area contributed by atoms with E-state index in [1.807, 2.05) is 0 Å². The first-order valence-corrected chi connectivity index (χ1v) is 22.2. The zero-order valence-corrected chi connectivity index (χ0v) is 34.8. The third-order valence-corrected chi connectivity index (χ3v) is 11.7. The van der Waals surface area contributed by atoms with Crippen molar-refractivity contribution >= 4 is 22.8 Å². The molecule has 0 saturated heterocycles. The summed E-state index contributed by atoms with van der Waals surface area (Å²) >= 11 is 0. The topological polar surface area (TPSA) is 49.7 Å². The highest BCUT2D eigenvalue weighted by Gasteiger charge is 2.32. The lowest BCUT2D eigenvalue weighted by atomic mass is 9.97. The monoisotopic (exact) mass is 794 g/mol. The second-order valence-corrected chi connectivity index (χ2v) is 15.9. The second-order valence-electron chi connectivity index (χ2n) is 15.9. The SMILES string of the molecule is c1ccc(C2CC(c3ccccc3OCCCCCCCCCCCCOc3ccccc3C3=NN(c4ccccc4)C(c4ccccc4)C3)=NN2c2ccccc2)cc1. The van der Waals surface area contributed by atoms with Crippen LogP contribution >= 0.6 is 0 Å². The van der Waals surface area contributed by atoms with Gasteiger partial charge in [-0.05, 0) is 72.5 Å². The van der Waals surface area contributed by atoms with Gasteiger partial charge in [-0.25, -0.2) is 0 Å². The molecule has 6 aromatic carbocycles. The Morgan fingerprint density at radius 3 is 1.07 bits per heavy atom. The number of hydrogen-bond donors (Lipinski definition) is 0. The van der Waals surface area contributed by atoms with E-state index >= 15 is 0 Å². The Morgan fingerprint density at radius 2 is 0.683 bits per heavy atom. The summed E-state index contributed by atoms with van der Waals surface area (Å²) < 4.78 is 12.8. The van der Waals surface area contributed by atoms with Gasteiger partial charge >= 0.3 is 0 Å². The molecule has 8 rings (SSSR count). The predicted molar refractivity (Wildman–Crippen MR) is 249 cm³/mol. The van der Waals surface area contributed by atoms with Gasteiger partial charge < -0.3 is 9.47 Å².